The lowest BCUT2D eigenvalue weighted by Gasteiger charge is -2.08. The number of rotatable bonds is 4. The summed E-state index contributed by atoms with van der Waals surface area (Å²) in [7, 11) is 3.57. The third-order valence-electron chi connectivity index (χ3n) is 1.97. The molecule has 4 heteroatoms. The summed E-state index contributed by atoms with van der Waals surface area (Å²) in [4.78, 5) is 0. The van der Waals surface area contributed by atoms with Gasteiger partial charge in [-0.05, 0) is 53.6 Å². The molecule has 0 bridgehead atoms. The molecule has 1 rings (SSSR count). The Hall–Kier alpha value is -0.250. The molecule has 1 aromatic carbocycles. The smallest absolute Gasteiger partial charge is 0.133 e. The van der Waals surface area contributed by atoms with Gasteiger partial charge in [-0.25, -0.2) is 0 Å². The van der Waals surface area contributed by atoms with Crippen LogP contribution in [0.1, 0.15) is 5.56 Å². The summed E-state index contributed by atoms with van der Waals surface area (Å²) in [5.74, 6) is 0.820. The summed E-state index contributed by atoms with van der Waals surface area (Å²) in [5, 5.41) is 3.86. The van der Waals surface area contributed by atoms with Crippen LogP contribution < -0.4 is 10.1 Å². The van der Waals surface area contributed by atoms with Gasteiger partial charge in [0, 0.05) is 5.02 Å². The van der Waals surface area contributed by atoms with E-state index in [0.29, 0.717) is 0 Å². The molecule has 0 radical (unpaired) electrons. The lowest BCUT2D eigenvalue weighted by atomic mass is 10.1. The average molecular weight is 279 g/mol. The van der Waals surface area contributed by atoms with Crippen molar-refractivity contribution in [3.05, 3.63) is 27.2 Å². The van der Waals surface area contributed by atoms with Crippen molar-refractivity contribution in [2.45, 2.75) is 6.42 Å². The van der Waals surface area contributed by atoms with Crippen LogP contribution in [-0.2, 0) is 6.42 Å². The Bertz CT molecular complexity index is 317. The van der Waals surface area contributed by atoms with E-state index in [1.165, 1.54) is 0 Å². The van der Waals surface area contributed by atoms with E-state index in [1.807, 2.05) is 19.2 Å². The van der Waals surface area contributed by atoms with Crippen LogP contribution in [0.15, 0.2) is 16.6 Å². The maximum Gasteiger partial charge on any atom is 0.133 e. The van der Waals surface area contributed by atoms with Gasteiger partial charge in [-0.15, -0.1) is 0 Å². The number of ether oxygens (including phenoxy) is 1. The van der Waals surface area contributed by atoms with Crippen molar-refractivity contribution >= 4 is 27.5 Å². The van der Waals surface area contributed by atoms with E-state index in [0.717, 1.165) is 33.8 Å². The molecule has 0 heterocycles. The van der Waals surface area contributed by atoms with Gasteiger partial charge in [0.2, 0.25) is 0 Å². The first-order valence-corrected chi connectivity index (χ1v) is 5.52. The van der Waals surface area contributed by atoms with Crippen LogP contribution in [-0.4, -0.2) is 20.7 Å². The molecule has 0 unspecified atom stereocenters. The minimum atomic E-state index is 0.771. The maximum atomic E-state index is 6.08. The average Bonchev–Trinajstić information content (AvgIpc) is 2.17. The number of likely N-dealkylation sites (N-methyl/N-ethyl adjacent to an activating group) is 1. The Morgan fingerprint density at radius 2 is 2.21 bits per heavy atom. The number of hydrogen-bond donors (Lipinski definition) is 1. The van der Waals surface area contributed by atoms with Crippen molar-refractivity contribution in [3.63, 3.8) is 0 Å². The highest BCUT2D eigenvalue weighted by atomic mass is 79.9. The van der Waals surface area contributed by atoms with Gasteiger partial charge in [-0.1, -0.05) is 11.6 Å². The zero-order chi connectivity index (χ0) is 10.6. The minimum absolute atomic E-state index is 0.771. The molecule has 0 saturated carbocycles. The van der Waals surface area contributed by atoms with Crippen molar-refractivity contribution in [2.75, 3.05) is 20.7 Å². The Labute approximate surface area is 97.7 Å². The highest BCUT2D eigenvalue weighted by Crippen LogP contribution is 2.31. The van der Waals surface area contributed by atoms with Crippen molar-refractivity contribution in [2.24, 2.45) is 0 Å². The van der Waals surface area contributed by atoms with Crippen LogP contribution in [0.25, 0.3) is 0 Å². The molecule has 0 atom stereocenters. The molecular weight excluding hydrogens is 265 g/mol. The first-order chi connectivity index (χ1) is 6.69. The highest BCUT2D eigenvalue weighted by Gasteiger charge is 2.06. The predicted molar refractivity (Wildman–Crippen MR) is 63.3 cm³/mol. The largest absolute Gasteiger partial charge is 0.496 e. The Morgan fingerprint density at radius 1 is 1.50 bits per heavy atom. The van der Waals surface area contributed by atoms with Crippen LogP contribution in [0.5, 0.6) is 5.75 Å². The molecule has 0 aromatic heterocycles. The molecule has 0 saturated heterocycles. The van der Waals surface area contributed by atoms with E-state index >= 15 is 0 Å². The number of methoxy groups -OCH3 is 1. The van der Waals surface area contributed by atoms with Crippen LogP contribution >= 0.6 is 27.5 Å². The number of hydrogen-bond acceptors (Lipinski definition) is 2. The molecule has 0 fully saturated rings. The first-order valence-electron chi connectivity index (χ1n) is 4.35. The summed E-state index contributed by atoms with van der Waals surface area (Å²) >= 11 is 9.47. The van der Waals surface area contributed by atoms with Gasteiger partial charge in [-0.3, -0.25) is 0 Å². The van der Waals surface area contributed by atoms with E-state index in [-0.39, 0.29) is 0 Å². The number of benzene rings is 1. The normalized spacial score (nSPS) is 10.3. The first kappa shape index (κ1) is 11.8. The van der Waals surface area contributed by atoms with Gasteiger partial charge in [0.15, 0.2) is 0 Å². The van der Waals surface area contributed by atoms with Gasteiger partial charge in [0.1, 0.15) is 5.75 Å². The lowest BCUT2D eigenvalue weighted by Crippen LogP contribution is -2.10. The van der Waals surface area contributed by atoms with Crippen LogP contribution in [0.4, 0.5) is 0 Å². The standard InChI is InChI=1S/C10H13BrClNO/c1-13-4-3-7-5-10(14-2)8(11)6-9(7)12/h5-6,13H,3-4H2,1-2H3. The van der Waals surface area contributed by atoms with Crippen LogP contribution in [0, 0.1) is 0 Å². The van der Waals surface area contributed by atoms with Crippen LogP contribution in [0.3, 0.4) is 0 Å². The Balaban J connectivity index is 2.92. The van der Waals surface area contributed by atoms with Gasteiger partial charge in [0.05, 0.1) is 11.6 Å². The maximum absolute atomic E-state index is 6.08. The fourth-order valence-electron chi connectivity index (χ4n) is 1.18. The van der Waals surface area contributed by atoms with Crippen molar-refractivity contribution in [3.8, 4) is 5.75 Å². The predicted octanol–water partition coefficient (Wildman–Crippen LogP) is 2.87. The van der Waals surface area contributed by atoms with Crippen molar-refractivity contribution < 1.29 is 4.74 Å². The van der Waals surface area contributed by atoms with E-state index < -0.39 is 0 Å². The zero-order valence-electron chi connectivity index (χ0n) is 8.23. The molecule has 0 aliphatic heterocycles. The third-order valence-corrected chi connectivity index (χ3v) is 2.94. The summed E-state index contributed by atoms with van der Waals surface area (Å²) in [5.41, 5.74) is 1.10. The number of halogens is 2. The minimum Gasteiger partial charge on any atom is -0.496 e. The Kier molecular flexibility index (Phi) is 4.72. The molecule has 1 N–H and O–H groups in total. The zero-order valence-corrected chi connectivity index (χ0v) is 10.6. The molecule has 1 aromatic rings. The van der Waals surface area contributed by atoms with E-state index in [9.17, 15) is 0 Å². The van der Waals surface area contributed by atoms with Gasteiger partial charge in [-0.2, -0.15) is 0 Å². The number of nitrogens with one attached hydrogen (secondary N) is 1. The van der Waals surface area contributed by atoms with E-state index in [2.05, 4.69) is 21.2 Å². The molecule has 0 spiro atoms. The second-order valence-electron chi connectivity index (χ2n) is 2.93. The second kappa shape index (κ2) is 5.59. The third kappa shape index (κ3) is 2.87. The van der Waals surface area contributed by atoms with E-state index in [1.54, 1.807) is 7.11 Å². The van der Waals surface area contributed by atoms with E-state index in [4.69, 9.17) is 16.3 Å². The molecule has 0 amide bonds. The van der Waals surface area contributed by atoms with Crippen LogP contribution in [0.2, 0.25) is 5.02 Å². The summed E-state index contributed by atoms with van der Waals surface area (Å²) < 4.78 is 6.08. The van der Waals surface area contributed by atoms with Gasteiger partial charge in [0.25, 0.3) is 0 Å². The monoisotopic (exact) mass is 277 g/mol. The summed E-state index contributed by atoms with van der Waals surface area (Å²) in [6.07, 6.45) is 0.902. The molecule has 2 nitrogen and oxygen atoms in total. The lowest BCUT2D eigenvalue weighted by molar-refractivity contribution is 0.411. The quantitative estimate of drug-likeness (QED) is 0.914. The van der Waals surface area contributed by atoms with Crippen molar-refractivity contribution in [1.29, 1.82) is 0 Å². The van der Waals surface area contributed by atoms with Gasteiger partial charge >= 0.3 is 0 Å². The van der Waals surface area contributed by atoms with Crippen molar-refractivity contribution in [1.82, 2.24) is 5.32 Å². The van der Waals surface area contributed by atoms with Gasteiger partial charge < -0.3 is 10.1 Å². The fourth-order valence-corrected chi connectivity index (χ4v) is 2.07. The molecular formula is C10H13BrClNO. The summed E-state index contributed by atoms with van der Waals surface area (Å²) in [6, 6.07) is 3.83. The second-order valence-corrected chi connectivity index (χ2v) is 4.19. The SMILES string of the molecule is CNCCc1cc(OC)c(Br)cc1Cl. The highest BCUT2D eigenvalue weighted by molar-refractivity contribution is 9.10. The molecule has 78 valence electrons. The molecule has 14 heavy (non-hydrogen) atoms. The fraction of sp³-hybridized carbons (Fsp3) is 0.400. The molecule has 0 aliphatic carbocycles. The molecule has 0 aliphatic rings. The summed E-state index contributed by atoms with van der Waals surface area (Å²) in [6.45, 7) is 0.907. The topological polar surface area (TPSA) is 21.3 Å². The Morgan fingerprint density at radius 3 is 2.79 bits per heavy atom.